The molecule has 0 bridgehead atoms. The van der Waals surface area contributed by atoms with Crippen molar-refractivity contribution in [1.82, 2.24) is 20.6 Å². The van der Waals surface area contributed by atoms with E-state index in [4.69, 9.17) is 9.47 Å². The minimum Gasteiger partial charge on any atom is -0.484 e. The van der Waals surface area contributed by atoms with Gasteiger partial charge in [-0.05, 0) is 32.4 Å². The highest BCUT2D eigenvalue weighted by Crippen LogP contribution is 2.17. The number of carbonyl (C=O) groups excluding carboxylic acids is 1. The number of carbonyl (C=O) groups is 1. The second-order valence-electron chi connectivity index (χ2n) is 5.80. The van der Waals surface area contributed by atoms with Gasteiger partial charge in [0.1, 0.15) is 23.2 Å². The maximum absolute atomic E-state index is 12.2. The molecule has 0 radical (unpaired) electrons. The Morgan fingerprint density at radius 2 is 2.25 bits per heavy atom. The van der Waals surface area contributed by atoms with Crippen molar-refractivity contribution in [2.75, 3.05) is 13.2 Å². The lowest BCUT2D eigenvalue weighted by atomic mass is 10.1. The molecule has 3 rings (SSSR count). The Balaban J connectivity index is 1.60. The lowest BCUT2D eigenvalue weighted by molar-refractivity contribution is -0.123. The highest BCUT2D eigenvalue weighted by molar-refractivity contribution is 5.78. The SMILES string of the molecule is Cc1ccc(O[C@@H]2COCC[C@@H]2NC(=O)Cc2nonc2C)cn1. The van der Waals surface area contributed by atoms with Crippen LogP contribution in [0.5, 0.6) is 5.75 Å². The van der Waals surface area contributed by atoms with Crippen LogP contribution in [0.3, 0.4) is 0 Å². The van der Waals surface area contributed by atoms with E-state index in [9.17, 15) is 4.79 Å². The maximum atomic E-state index is 12.2. The molecule has 24 heavy (non-hydrogen) atoms. The van der Waals surface area contributed by atoms with E-state index in [1.807, 2.05) is 19.1 Å². The third-order valence-electron chi connectivity index (χ3n) is 3.90. The largest absolute Gasteiger partial charge is 0.484 e. The van der Waals surface area contributed by atoms with Gasteiger partial charge in [-0.15, -0.1) is 0 Å². The lowest BCUT2D eigenvalue weighted by Crippen LogP contribution is -2.51. The van der Waals surface area contributed by atoms with Crippen molar-refractivity contribution < 1.29 is 18.9 Å². The standard InChI is InChI=1S/C16H20N4O4/c1-10-3-4-12(8-17-10)23-15-9-22-6-5-13(15)18-16(21)7-14-11(2)19-24-20-14/h3-4,8,13,15H,5-7,9H2,1-2H3,(H,18,21)/t13-,15+/m0/s1. The number of aromatic nitrogens is 3. The van der Waals surface area contributed by atoms with Gasteiger partial charge in [0.2, 0.25) is 5.91 Å². The van der Waals surface area contributed by atoms with Crippen LogP contribution in [0.15, 0.2) is 23.0 Å². The molecule has 3 heterocycles. The van der Waals surface area contributed by atoms with Crippen molar-refractivity contribution in [3.63, 3.8) is 0 Å². The monoisotopic (exact) mass is 332 g/mol. The molecule has 2 aromatic heterocycles. The van der Waals surface area contributed by atoms with E-state index in [0.29, 0.717) is 36.8 Å². The number of pyridine rings is 1. The van der Waals surface area contributed by atoms with Crippen molar-refractivity contribution in [2.24, 2.45) is 0 Å². The average Bonchev–Trinajstić information content (AvgIpc) is 2.96. The molecule has 1 N–H and O–H groups in total. The Hall–Kier alpha value is -2.48. The Morgan fingerprint density at radius 3 is 2.96 bits per heavy atom. The summed E-state index contributed by atoms with van der Waals surface area (Å²) in [6, 6.07) is 3.61. The molecule has 8 heteroatoms. The van der Waals surface area contributed by atoms with Gasteiger partial charge in [0.05, 0.1) is 25.3 Å². The highest BCUT2D eigenvalue weighted by Gasteiger charge is 2.29. The number of aryl methyl sites for hydroxylation is 2. The van der Waals surface area contributed by atoms with Crippen LogP contribution < -0.4 is 10.1 Å². The van der Waals surface area contributed by atoms with Crippen LogP contribution in [0, 0.1) is 13.8 Å². The summed E-state index contributed by atoms with van der Waals surface area (Å²) in [6.45, 7) is 4.67. The van der Waals surface area contributed by atoms with Crippen LogP contribution in [0.4, 0.5) is 0 Å². The first-order valence-corrected chi connectivity index (χ1v) is 7.86. The Kier molecular flexibility index (Phi) is 5.05. The third-order valence-corrected chi connectivity index (χ3v) is 3.90. The van der Waals surface area contributed by atoms with Crippen molar-refractivity contribution in [3.8, 4) is 5.75 Å². The molecule has 0 saturated carbocycles. The van der Waals surface area contributed by atoms with Gasteiger partial charge in [-0.25, -0.2) is 4.63 Å². The minimum absolute atomic E-state index is 0.130. The molecule has 1 amide bonds. The predicted octanol–water partition coefficient (Wildman–Crippen LogP) is 0.977. The van der Waals surface area contributed by atoms with Crippen LogP contribution in [0.25, 0.3) is 0 Å². The molecule has 2 atom stereocenters. The summed E-state index contributed by atoms with van der Waals surface area (Å²) in [4.78, 5) is 16.5. The van der Waals surface area contributed by atoms with Crippen LogP contribution in [-0.4, -0.2) is 46.6 Å². The molecule has 1 saturated heterocycles. The van der Waals surface area contributed by atoms with Gasteiger partial charge < -0.3 is 14.8 Å². The summed E-state index contributed by atoms with van der Waals surface area (Å²) in [5, 5.41) is 10.4. The smallest absolute Gasteiger partial charge is 0.226 e. The van der Waals surface area contributed by atoms with Crippen molar-refractivity contribution in [2.45, 2.75) is 38.8 Å². The second kappa shape index (κ2) is 7.39. The van der Waals surface area contributed by atoms with E-state index in [2.05, 4.69) is 25.2 Å². The predicted molar refractivity (Wildman–Crippen MR) is 83.5 cm³/mol. The fourth-order valence-electron chi connectivity index (χ4n) is 2.51. The van der Waals surface area contributed by atoms with Gasteiger partial charge >= 0.3 is 0 Å². The molecule has 128 valence electrons. The number of hydrogen-bond donors (Lipinski definition) is 1. The fourth-order valence-corrected chi connectivity index (χ4v) is 2.51. The summed E-state index contributed by atoms with van der Waals surface area (Å²) >= 11 is 0. The fraction of sp³-hybridized carbons (Fsp3) is 0.500. The van der Waals surface area contributed by atoms with Crippen LogP contribution in [0.1, 0.15) is 23.5 Å². The number of rotatable bonds is 5. The topological polar surface area (TPSA) is 99.4 Å². The van der Waals surface area contributed by atoms with E-state index in [1.165, 1.54) is 0 Å². The van der Waals surface area contributed by atoms with E-state index in [1.54, 1.807) is 13.1 Å². The molecule has 0 aliphatic carbocycles. The Bertz CT molecular complexity index is 686. The first-order valence-electron chi connectivity index (χ1n) is 7.86. The molecule has 1 fully saturated rings. The summed E-state index contributed by atoms with van der Waals surface area (Å²) in [7, 11) is 0. The third kappa shape index (κ3) is 4.08. The highest BCUT2D eigenvalue weighted by atomic mass is 16.6. The van der Waals surface area contributed by atoms with Crippen molar-refractivity contribution in [3.05, 3.63) is 35.4 Å². The Morgan fingerprint density at radius 1 is 1.38 bits per heavy atom. The van der Waals surface area contributed by atoms with Gasteiger partial charge in [0.15, 0.2) is 0 Å². The summed E-state index contributed by atoms with van der Waals surface area (Å²) in [5.74, 6) is 0.517. The van der Waals surface area contributed by atoms with E-state index in [0.717, 1.165) is 5.69 Å². The van der Waals surface area contributed by atoms with E-state index in [-0.39, 0.29) is 24.5 Å². The molecule has 0 aromatic carbocycles. The normalized spacial score (nSPS) is 20.6. The minimum atomic E-state index is -0.260. The second-order valence-corrected chi connectivity index (χ2v) is 5.80. The molecule has 2 aromatic rings. The first kappa shape index (κ1) is 16.4. The van der Waals surface area contributed by atoms with Crippen molar-refractivity contribution >= 4 is 5.91 Å². The van der Waals surface area contributed by atoms with Crippen LogP contribution >= 0.6 is 0 Å². The molecule has 1 aliphatic heterocycles. The van der Waals surface area contributed by atoms with Gasteiger partial charge in [0, 0.05) is 12.3 Å². The molecule has 0 spiro atoms. The van der Waals surface area contributed by atoms with Crippen LogP contribution in [-0.2, 0) is 16.0 Å². The summed E-state index contributed by atoms with van der Waals surface area (Å²) < 4.78 is 16.0. The number of hydrogen-bond acceptors (Lipinski definition) is 7. The quantitative estimate of drug-likeness (QED) is 0.871. The molecule has 0 unspecified atom stereocenters. The zero-order chi connectivity index (χ0) is 16.9. The Labute approximate surface area is 139 Å². The summed E-state index contributed by atoms with van der Waals surface area (Å²) in [6.07, 6.45) is 2.23. The van der Waals surface area contributed by atoms with Gasteiger partial charge in [-0.3, -0.25) is 9.78 Å². The van der Waals surface area contributed by atoms with Crippen molar-refractivity contribution in [1.29, 1.82) is 0 Å². The number of nitrogens with one attached hydrogen (secondary N) is 1. The van der Waals surface area contributed by atoms with E-state index >= 15 is 0 Å². The molecule has 8 nitrogen and oxygen atoms in total. The van der Waals surface area contributed by atoms with E-state index < -0.39 is 0 Å². The zero-order valence-electron chi connectivity index (χ0n) is 13.7. The first-order chi connectivity index (χ1) is 11.6. The van der Waals surface area contributed by atoms with Gasteiger partial charge in [0.25, 0.3) is 0 Å². The van der Waals surface area contributed by atoms with Crippen LogP contribution in [0.2, 0.25) is 0 Å². The molecular formula is C16H20N4O4. The van der Waals surface area contributed by atoms with Gasteiger partial charge in [-0.1, -0.05) is 10.3 Å². The zero-order valence-corrected chi connectivity index (χ0v) is 13.7. The number of nitrogens with zero attached hydrogens (tertiary/aromatic N) is 3. The van der Waals surface area contributed by atoms with Gasteiger partial charge in [-0.2, -0.15) is 0 Å². The average molecular weight is 332 g/mol. The molecule has 1 aliphatic rings. The number of ether oxygens (including phenoxy) is 2. The number of amides is 1. The lowest BCUT2D eigenvalue weighted by Gasteiger charge is -2.32. The molecular weight excluding hydrogens is 312 g/mol. The summed E-state index contributed by atoms with van der Waals surface area (Å²) in [5.41, 5.74) is 2.08. The maximum Gasteiger partial charge on any atom is 0.226 e.